The monoisotopic (exact) mass is 440 g/mol. The average Bonchev–Trinajstić information content (AvgIpc) is 3.34. The molecule has 10 heteroatoms. The number of aromatic amines is 2. The van der Waals surface area contributed by atoms with Crippen molar-refractivity contribution in [3.63, 3.8) is 0 Å². The normalized spacial score (nSPS) is 11.5. The quantitative estimate of drug-likeness (QED) is 0.327. The maximum atomic E-state index is 14.0. The van der Waals surface area contributed by atoms with E-state index in [1.807, 2.05) is 0 Å². The van der Waals surface area contributed by atoms with Crippen molar-refractivity contribution in [3.05, 3.63) is 99.4 Å². The summed E-state index contributed by atoms with van der Waals surface area (Å²) in [4.78, 5) is 35.3. The Kier molecular flexibility index (Phi) is 4.43. The molecule has 0 aliphatic rings. The van der Waals surface area contributed by atoms with Crippen LogP contribution >= 0.6 is 0 Å². The van der Waals surface area contributed by atoms with E-state index < -0.39 is 40.2 Å². The van der Waals surface area contributed by atoms with Gasteiger partial charge in [-0.1, -0.05) is 6.07 Å². The molecule has 2 N–H and O–H groups in total. The third-order valence-electron chi connectivity index (χ3n) is 5.13. The standard InChI is InChI=1S/C22H12F4N4O2/c23-10-6-14(25)18(15(26)7-10)21(31)12-8-27-19-11(12)4-5-30(22(19)32)9-17-28-16-3-1-2-13(24)20(16)29-17/h1-8,27H,9H2,(H,28,29). The fraction of sp³-hybridized carbons (Fsp3) is 0.0455. The Morgan fingerprint density at radius 1 is 1.00 bits per heavy atom. The number of aromatic nitrogens is 4. The van der Waals surface area contributed by atoms with Crippen molar-refractivity contribution >= 4 is 27.7 Å². The van der Waals surface area contributed by atoms with Crippen LogP contribution in [0.4, 0.5) is 17.6 Å². The average molecular weight is 440 g/mol. The lowest BCUT2D eigenvalue weighted by Crippen LogP contribution is -2.20. The van der Waals surface area contributed by atoms with Crippen molar-refractivity contribution in [2.75, 3.05) is 0 Å². The lowest BCUT2D eigenvalue weighted by molar-refractivity contribution is 0.103. The molecule has 0 aliphatic heterocycles. The predicted octanol–water partition coefficient (Wildman–Crippen LogP) is 4.04. The van der Waals surface area contributed by atoms with Crippen LogP contribution in [0.1, 0.15) is 21.7 Å². The first-order valence-electron chi connectivity index (χ1n) is 9.36. The van der Waals surface area contributed by atoms with Gasteiger partial charge in [0.2, 0.25) is 5.78 Å². The molecule has 0 spiro atoms. The van der Waals surface area contributed by atoms with Crippen LogP contribution in [-0.4, -0.2) is 25.3 Å². The molecule has 5 aromatic rings. The third kappa shape index (κ3) is 3.08. The fourth-order valence-corrected chi connectivity index (χ4v) is 3.65. The van der Waals surface area contributed by atoms with Gasteiger partial charge in [-0.15, -0.1) is 0 Å². The minimum atomic E-state index is -1.34. The zero-order valence-electron chi connectivity index (χ0n) is 16.0. The van der Waals surface area contributed by atoms with Crippen LogP contribution in [0.5, 0.6) is 0 Å². The summed E-state index contributed by atoms with van der Waals surface area (Å²) >= 11 is 0. The highest BCUT2D eigenvalue weighted by atomic mass is 19.1. The number of fused-ring (bicyclic) bond motifs is 2. The summed E-state index contributed by atoms with van der Waals surface area (Å²) in [5.41, 5.74) is -0.929. The van der Waals surface area contributed by atoms with Gasteiger partial charge in [0.1, 0.15) is 40.1 Å². The molecule has 5 rings (SSSR count). The molecular weight excluding hydrogens is 428 g/mol. The zero-order valence-corrected chi connectivity index (χ0v) is 16.0. The largest absolute Gasteiger partial charge is 0.356 e. The number of H-pyrrole nitrogens is 2. The summed E-state index contributed by atoms with van der Waals surface area (Å²) in [7, 11) is 0. The third-order valence-corrected chi connectivity index (χ3v) is 5.13. The first kappa shape index (κ1) is 19.7. The number of nitrogens with zero attached hydrogens (tertiary/aromatic N) is 2. The van der Waals surface area contributed by atoms with Crippen LogP contribution in [0.2, 0.25) is 0 Å². The van der Waals surface area contributed by atoms with Gasteiger partial charge in [-0.05, 0) is 18.2 Å². The SMILES string of the molecule is O=C(c1c(F)cc(F)cc1F)c1c[nH]c2c(=O)n(Cc3nc4cccc(F)c4[nH]3)ccc12. The van der Waals surface area contributed by atoms with Gasteiger partial charge in [-0.3, -0.25) is 9.59 Å². The summed E-state index contributed by atoms with van der Waals surface area (Å²) in [5.74, 6) is -5.00. The maximum Gasteiger partial charge on any atom is 0.275 e. The van der Waals surface area contributed by atoms with E-state index in [4.69, 9.17) is 0 Å². The highest BCUT2D eigenvalue weighted by Gasteiger charge is 2.24. The number of carbonyl (C=O) groups excluding carboxylic acids is 1. The van der Waals surface area contributed by atoms with E-state index in [1.54, 1.807) is 6.07 Å². The Bertz CT molecular complexity index is 1580. The molecule has 0 saturated heterocycles. The minimum Gasteiger partial charge on any atom is -0.356 e. The van der Waals surface area contributed by atoms with Crippen molar-refractivity contribution in [2.45, 2.75) is 6.54 Å². The molecule has 32 heavy (non-hydrogen) atoms. The van der Waals surface area contributed by atoms with Gasteiger partial charge in [-0.25, -0.2) is 22.5 Å². The van der Waals surface area contributed by atoms with Crippen LogP contribution in [0.15, 0.2) is 53.6 Å². The second-order valence-corrected chi connectivity index (χ2v) is 7.13. The zero-order chi connectivity index (χ0) is 22.6. The van der Waals surface area contributed by atoms with E-state index in [1.165, 1.54) is 29.0 Å². The van der Waals surface area contributed by atoms with E-state index in [9.17, 15) is 27.2 Å². The van der Waals surface area contributed by atoms with Crippen molar-refractivity contribution < 1.29 is 22.4 Å². The lowest BCUT2D eigenvalue weighted by atomic mass is 10.0. The first-order valence-corrected chi connectivity index (χ1v) is 9.36. The van der Waals surface area contributed by atoms with E-state index in [0.717, 1.165) is 6.20 Å². The highest BCUT2D eigenvalue weighted by Crippen LogP contribution is 2.23. The van der Waals surface area contributed by atoms with Crippen molar-refractivity contribution in [2.24, 2.45) is 0 Å². The number of hydrogen-bond donors (Lipinski definition) is 2. The van der Waals surface area contributed by atoms with Crippen LogP contribution in [0.25, 0.3) is 21.9 Å². The van der Waals surface area contributed by atoms with Crippen LogP contribution in [0, 0.1) is 23.3 Å². The van der Waals surface area contributed by atoms with Crippen molar-refractivity contribution in [3.8, 4) is 0 Å². The molecule has 0 saturated carbocycles. The van der Waals surface area contributed by atoms with Crippen LogP contribution in [0.3, 0.4) is 0 Å². The first-order chi connectivity index (χ1) is 15.3. The minimum absolute atomic E-state index is 0.00753. The molecule has 3 aromatic heterocycles. The molecule has 6 nitrogen and oxygen atoms in total. The van der Waals surface area contributed by atoms with E-state index in [0.29, 0.717) is 23.5 Å². The van der Waals surface area contributed by atoms with Gasteiger partial charge < -0.3 is 14.5 Å². The topological polar surface area (TPSA) is 83.5 Å². The number of pyridine rings is 1. The molecule has 3 heterocycles. The number of halogens is 4. The van der Waals surface area contributed by atoms with Gasteiger partial charge in [0.25, 0.3) is 5.56 Å². The maximum absolute atomic E-state index is 14.0. The van der Waals surface area contributed by atoms with Gasteiger partial charge in [-0.2, -0.15) is 0 Å². The van der Waals surface area contributed by atoms with Gasteiger partial charge in [0.05, 0.1) is 17.6 Å². The van der Waals surface area contributed by atoms with Crippen molar-refractivity contribution in [1.29, 1.82) is 0 Å². The molecule has 0 aliphatic carbocycles. The number of nitrogens with one attached hydrogen (secondary N) is 2. The van der Waals surface area contributed by atoms with Crippen LogP contribution < -0.4 is 5.56 Å². The Morgan fingerprint density at radius 3 is 2.47 bits per heavy atom. The van der Waals surface area contributed by atoms with E-state index in [-0.39, 0.29) is 28.5 Å². The van der Waals surface area contributed by atoms with Gasteiger partial charge >= 0.3 is 0 Å². The van der Waals surface area contributed by atoms with Crippen LogP contribution in [-0.2, 0) is 6.54 Å². The molecule has 0 unspecified atom stereocenters. The Balaban J connectivity index is 1.54. The highest BCUT2D eigenvalue weighted by molar-refractivity contribution is 6.16. The predicted molar refractivity (Wildman–Crippen MR) is 107 cm³/mol. The molecule has 0 bridgehead atoms. The molecule has 0 atom stereocenters. The molecule has 0 amide bonds. The van der Waals surface area contributed by atoms with E-state index in [2.05, 4.69) is 15.0 Å². The summed E-state index contributed by atoms with van der Waals surface area (Å²) in [6.07, 6.45) is 2.55. The Morgan fingerprint density at radius 2 is 1.75 bits per heavy atom. The number of ketones is 1. The number of rotatable bonds is 4. The summed E-state index contributed by atoms with van der Waals surface area (Å²) in [6.45, 7) is -0.00753. The summed E-state index contributed by atoms with van der Waals surface area (Å²) < 4.78 is 56.4. The second-order valence-electron chi connectivity index (χ2n) is 7.13. The smallest absolute Gasteiger partial charge is 0.275 e. The van der Waals surface area contributed by atoms with Crippen molar-refractivity contribution in [1.82, 2.24) is 19.5 Å². The van der Waals surface area contributed by atoms with Gasteiger partial charge in [0, 0.05) is 35.5 Å². The number of benzene rings is 2. The van der Waals surface area contributed by atoms with Gasteiger partial charge in [0.15, 0.2) is 0 Å². The number of imidazole rings is 1. The molecule has 160 valence electrons. The molecule has 0 fully saturated rings. The Hall–Kier alpha value is -4.21. The molecule has 2 aromatic carbocycles. The molecule has 0 radical (unpaired) electrons. The summed E-state index contributed by atoms with van der Waals surface area (Å²) in [5, 5.41) is 0.148. The van der Waals surface area contributed by atoms with E-state index >= 15 is 0 Å². The Labute approximate surface area is 176 Å². The number of carbonyl (C=O) groups is 1. The lowest BCUT2D eigenvalue weighted by Gasteiger charge is -2.05. The fourth-order valence-electron chi connectivity index (χ4n) is 3.65. The summed E-state index contributed by atoms with van der Waals surface area (Å²) in [6, 6.07) is 6.68. The molecular formula is C22H12F4N4O2. The second kappa shape index (κ2) is 7.19. The number of hydrogen-bond acceptors (Lipinski definition) is 3. The number of para-hydroxylation sites is 1.